The van der Waals surface area contributed by atoms with Crippen molar-refractivity contribution >= 4 is 71.3 Å². The van der Waals surface area contributed by atoms with Crippen molar-refractivity contribution in [2.45, 2.75) is 0 Å². The van der Waals surface area contributed by atoms with E-state index in [1.807, 2.05) is 12.1 Å². The molecule has 11 aromatic rings. The van der Waals surface area contributed by atoms with E-state index in [1.165, 1.54) is 65.7 Å². The van der Waals surface area contributed by atoms with Gasteiger partial charge in [-0.3, -0.25) is 0 Å². The summed E-state index contributed by atoms with van der Waals surface area (Å²) in [4.78, 5) is 2.41. The SMILES string of the molecule is c1cc(-c2cccc3ccccc23)c(-c2cccc3ccccc23)c(N(c2ccc(-c3ccc4ccccc4c3)cc2)c2ccc3c(c2)oc2ccccc23)c1. The lowest BCUT2D eigenvalue weighted by molar-refractivity contribution is 0.669. The van der Waals surface area contributed by atoms with E-state index in [0.717, 1.165) is 39.0 Å². The van der Waals surface area contributed by atoms with Crippen molar-refractivity contribution in [3.05, 3.63) is 212 Å². The predicted molar refractivity (Wildman–Crippen MR) is 237 cm³/mol. The number of rotatable bonds is 6. The minimum Gasteiger partial charge on any atom is -0.456 e. The van der Waals surface area contributed by atoms with Gasteiger partial charge in [-0.2, -0.15) is 0 Å². The lowest BCUT2D eigenvalue weighted by Crippen LogP contribution is -2.12. The zero-order valence-corrected chi connectivity index (χ0v) is 30.6. The van der Waals surface area contributed by atoms with Crippen LogP contribution < -0.4 is 4.90 Å². The lowest BCUT2D eigenvalue weighted by Gasteiger charge is -2.30. The molecule has 262 valence electrons. The molecule has 0 aliphatic heterocycles. The van der Waals surface area contributed by atoms with Crippen molar-refractivity contribution in [2.24, 2.45) is 0 Å². The summed E-state index contributed by atoms with van der Waals surface area (Å²) < 4.78 is 6.51. The normalized spacial score (nSPS) is 11.6. The van der Waals surface area contributed by atoms with Gasteiger partial charge in [0.2, 0.25) is 0 Å². The molecule has 1 aromatic heterocycles. The van der Waals surface area contributed by atoms with Crippen LogP contribution in [-0.2, 0) is 0 Å². The number of benzene rings is 10. The summed E-state index contributed by atoms with van der Waals surface area (Å²) in [5, 5.41) is 9.57. The number of nitrogens with zero attached hydrogens (tertiary/aromatic N) is 1. The van der Waals surface area contributed by atoms with Crippen LogP contribution in [0.4, 0.5) is 17.1 Å². The minimum atomic E-state index is 0.860. The highest BCUT2D eigenvalue weighted by atomic mass is 16.3. The molecule has 0 atom stereocenters. The van der Waals surface area contributed by atoms with Crippen molar-refractivity contribution in [3.63, 3.8) is 0 Å². The van der Waals surface area contributed by atoms with E-state index in [9.17, 15) is 0 Å². The summed E-state index contributed by atoms with van der Waals surface area (Å²) >= 11 is 0. The third-order valence-electron chi connectivity index (χ3n) is 11.3. The van der Waals surface area contributed by atoms with Gasteiger partial charge in [0.15, 0.2) is 0 Å². The summed E-state index contributed by atoms with van der Waals surface area (Å²) in [5.41, 5.74) is 12.0. The lowest BCUT2D eigenvalue weighted by atomic mass is 9.87. The predicted octanol–water partition coefficient (Wildman–Crippen LogP) is 15.5. The molecule has 0 aliphatic carbocycles. The molecule has 0 aliphatic rings. The molecule has 0 spiro atoms. The number of hydrogen-bond acceptors (Lipinski definition) is 2. The Kier molecular flexibility index (Phi) is 7.53. The number of para-hydroxylation sites is 1. The van der Waals surface area contributed by atoms with Crippen LogP contribution in [0.3, 0.4) is 0 Å². The number of furan rings is 1. The van der Waals surface area contributed by atoms with Crippen LogP contribution in [0.1, 0.15) is 0 Å². The third-order valence-corrected chi connectivity index (χ3v) is 11.3. The van der Waals surface area contributed by atoms with Gasteiger partial charge in [0.25, 0.3) is 0 Å². The maximum absolute atomic E-state index is 6.51. The van der Waals surface area contributed by atoms with Crippen molar-refractivity contribution in [2.75, 3.05) is 4.90 Å². The molecule has 1 heterocycles. The first-order valence-corrected chi connectivity index (χ1v) is 19.2. The Morgan fingerprint density at radius 1 is 0.304 bits per heavy atom. The van der Waals surface area contributed by atoms with E-state index in [1.54, 1.807) is 0 Å². The van der Waals surface area contributed by atoms with Gasteiger partial charge in [-0.25, -0.2) is 0 Å². The summed E-state index contributed by atoms with van der Waals surface area (Å²) in [6, 6.07) is 76.7. The molecule has 56 heavy (non-hydrogen) atoms. The Bertz CT molecular complexity index is 3250. The highest BCUT2D eigenvalue weighted by Crippen LogP contribution is 2.49. The summed E-state index contributed by atoms with van der Waals surface area (Å²) in [5.74, 6) is 0. The van der Waals surface area contributed by atoms with Crippen LogP contribution in [0.15, 0.2) is 217 Å². The van der Waals surface area contributed by atoms with E-state index in [4.69, 9.17) is 4.42 Å². The van der Waals surface area contributed by atoms with E-state index < -0.39 is 0 Å². The van der Waals surface area contributed by atoms with Crippen LogP contribution in [-0.4, -0.2) is 0 Å². The Balaban J connectivity index is 1.18. The van der Waals surface area contributed by atoms with Crippen molar-refractivity contribution < 1.29 is 4.42 Å². The van der Waals surface area contributed by atoms with Gasteiger partial charge in [-0.05, 0) is 103 Å². The fraction of sp³-hybridized carbons (Fsp3) is 0. The Morgan fingerprint density at radius 2 is 0.857 bits per heavy atom. The molecule has 10 aromatic carbocycles. The molecule has 0 bridgehead atoms. The molecule has 0 unspecified atom stereocenters. The van der Waals surface area contributed by atoms with Crippen LogP contribution in [0.25, 0.3) is 87.6 Å². The van der Waals surface area contributed by atoms with E-state index in [2.05, 4.69) is 205 Å². The average Bonchev–Trinajstić information content (AvgIpc) is 3.64. The first-order valence-electron chi connectivity index (χ1n) is 19.2. The fourth-order valence-electron chi connectivity index (χ4n) is 8.59. The maximum Gasteiger partial charge on any atom is 0.137 e. The minimum absolute atomic E-state index is 0.860. The van der Waals surface area contributed by atoms with Crippen LogP contribution in [0, 0.1) is 0 Å². The summed E-state index contributed by atoms with van der Waals surface area (Å²) in [6.07, 6.45) is 0. The zero-order chi connectivity index (χ0) is 37.0. The van der Waals surface area contributed by atoms with Gasteiger partial charge in [0, 0.05) is 33.8 Å². The summed E-state index contributed by atoms with van der Waals surface area (Å²) in [6.45, 7) is 0. The molecular formula is C54H35NO. The van der Waals surface area contributed by atoms with Gasteiger partial charge >= 0.3 is 0 Å². The van der Waals surface area contributed by atoms with E-state index in [0.29, 0.717) is 0 Å². The zero-order valence-electron chi connectivity index (χ0n) is 30.6. The highest BCUT2D eigenvalue weighted by molar-refractivity contribution is 6.11. The molecule has 0 fully saturated rings. The van der Waals surface area contributed by atoms with Gasteiger partial charge in [0.1, 0.15) is 11.2 Å². The Morgan fingerprint density at radius 3 is 1.64 bits per heavy atom. The third kappa shape index (κ3) is 5.34. The average molecular weight is 714 g/mol. The van der Waals surface area contributed by atoms with Crippen molar-refractivity contribution in [1.29, 1.82) is 0 Å². The molecule has 11 rings (SSSR count). The van der Waals surface area contributed by atoms with E-state index in [-0.39, 0.29) is 0 Å². The van der Waals surface area contributed by atoms with Gasteiger partial charge in [-0.15, -0.1) is 0 Å². The first kappa shape index (κ1) is 32.0. The quantitative estimate of drug-likeness (QED) is 0.171. The Hall–Kier alpha value is -7.42. The molecule has 0 radical (unpaired) electrons. The molecule has 0 saturated heterocycles. The fourth-order valence-corrected chi connectivity index (χ4v) is 8.59. The van der Waals surface area contributed by atoms with Crippen molar-refractivity contribution in [1.82, 2.24) is 0 Å². The molecule has 0 amide bonds. The number of fused-ring (bicyclic) bond motifs is 6. The monoisotopic (exact) mass is 713 g/mol. The first-order chi connectivity index (χ1) is 27.8. The van der Waals surface area contributed by atoms with Crippen LogP contribution in [0.5, 0.6) is 0 Å². The smallest absolute Gasteiger partial charge is 0.137 e. The second-order valence-corrected chi connectivity index (χ2v) is 14.5. The van der Waals surface area contributed by atoms with Crippen LogP contribution >= 0.6 is 0 Å². The molecule has 0 saturated carbocycles. The number of anilines is 3. The summed E-state index contributed by atoms with van der Waals surface area (Å²) in [7, 11) is 0. The van der Waals surface area contributed by atoms with Crippen LogP contribution in [0.2, 0.25) is 0 Å². The molecular weight excluding hydrogens is 679 g/mol. The molecule has 0 N–H and O–H groups in total. The Labute approximate surface area is 325 Å². The second kappa shape index (κ2) is 13.2. The molecule has 2 nitrogen and oxygen atoms in total. The topological polar surface area (TPSA) is 16.4 Å². The van der Waals surface area contributed by atoms with E-state index >= 15 is 0 Å². The van der Waals surface area contributed by atoms with Crippen molar-refractivity contribution in [3.8, 4) is 33.4 Å². The highest BCUT2D eigenvalue weighted by Gasteiger charge is 2.23. The standard InChI is InChI=1S/C54H35NO/c1-2-15-40-34-41(27-26-36(40)12-1)37-28-30-42(31-29-37)55(43-32-33-48-47-20-7-8-25-52(47)56-53(48)35-43)51-24-11-23-50(46-21-9-16-38-13-3-5-18-44(38)46)54(51)49-22-10-17-39-14-4-6-19-45(39)49/h1-35H. The largest absolute Gasteiger partial charge is 0.456 e. The second-order valence-electron chi connectivity index (χ2n) is 14.5. The number of hydrogen-bond donors (Lipinski definition) is 0. The van der Waals surface area contributed by atoms with Gasteiger partial charge < -0.3 is 9.32 Å². The maximum atomic E-state index is 6.51. The van der Waals surface area contributed by atoms with Gasteiger partial charge in [0.05, 0.1) is 5.69 Å². The van der Waals surface area contributed by atoms with Gasteiger partial charge in [-0.1, -0.05) is 164 Å². The molecule has 2 heteroatoms.